The average Bonchev–Trinajstić information content (AvgIpc) is 2.55. The summed E-state index contributed by atoms with van der Waals surface area (Å²) in [7, 11) is 0. The van der Waals surface area contributed by atoms with Crippen LogP contribution in [0.5, 0.6) is 5.75 Å². The lowest BCUT2D eigenvalue weighted by molar-refractivity contribution is -0.0504. The van der Waals surface area contributed by atoms with Crippen LogP contribution in [0.15, 0.2) is 52.1 Å². The van der Waals surface area contributed by atoms with E-state index in [0.717, 1.165) is 10.2 Å². The van der Waals surface area contributed by atoms with Gasteiger partial charge in [0.1, 0.15) is 5.75 Å². The van der Waals surface area contributed by atoms with Crippen molar-refractivity contribution in [3.8, 4) is 5.75 Å². The van der Waals surface area contributed by atoms with Gasteiger partial charge < -0.3 is 15.8 Å². The minimum atomic E-state index is -2.89. The number of alkyl halides is 2. The topological polar surface area (TPSA) is 72.5 Å². The predicted octanol–water partition coefficient (Wildman–Crippen LogP) is 3.09. The summed E-state index contributed by atoms with van der Waals surface area (Å²) >= 11 is 3.29. The summed E-state index contributed by atoms with van der Waals surface area (Å²) < 4.78 is 30.1. The third-order valence-corrected chi connectivity index (χ3v) is 3.56. The van der Waals surface area contributed by atoms with Gasteiger partial charge in [0.05, 0.1) is 6.54 Å². The second-order valence-corrected chi connectivity index (χ2v) is 5.75. The Balaban J connectivity index is 1.90. The van der Waals surface area contributed by atoms with E-state index in [4.69, 9.17) is 5.73 Å². The van der Waals surface area contributed by atoms with Gasteiger partial charge in [-0.15, -0.1) is 0 Å². The lowest BCUT2D eigenvalue weighted by Crippen LogP contribution is -2.33. The van der Waals surface area contributed by atoms with Crippen LogP contribution in [0.1, 0.15) is 11.3 Å². The number of hydrogen-bond donors (Lipinski definition) is 2. The van der Waals surface area contributed by atoms with Crippen LogP contribution < -0.4 is 15.8 Å². The van der Waals surface area contributed by atoms with E-state index < -0.39 is 6.61 Å². The monoisotopic (exact) mass is 398 g/mol. The van der Waals surface area contributed by atoms with Gasteiger partial charge in [-0.25, -0.2) is 4.99 Å². The molecule has 1 aromatic carbocycles. The van der Waals surface area contributed by atoms with E-state index in [2.05, 4.69) is 36.0 Å². The molecular weight excluding hydrogens is 382 g/mol. The minimum absolute atomic E-state index is 0.0817. The van der Waals surface area contributed by atoms with Crippen molar-refractivity contribution in [2.75, 3.05) is 6.54 Å². The Morgan fingerprint density at radius 1 is 1.33 bits per heavy atom. The highest BCUT2D eigenvalue weighted by Crippen LogP contribution is 2.25. The Hall–Kier alpha value is -2.22. The largest absolute Gasteiger partial charge is 0.434 e. The molecule has 0 saturated heterocycles. The summed E-state index contributed by atoms with van der Waals surface area (Å²) in [6.45, 7) is -2.18. The lowest BCUT2D eigenvalue weighted by Gasteiger charge is -2.10. The fraction of sp³-hybridized carbons (Fsp3) is 0.250. The molecule has 0 aliphatic heterocycles. The number of hydrogen-bond acceptors (Lipinski definition) is 3. The quantitative estimate of drug-likeness (QED) is 0.555. The lowest BCUT2D eigenvalue weighted by atomic mass is 10.2. The zero-order valence-corrected chi connectivity index (χ0v) is 14.3. The number of benzene rings is 1. The molecule has 1 aromatic heterocycles. The van der Waals surface area contributed by atoms with Gasteiger partial charge >= 0.3 is 6.61 Å². The Morgan fingerprint density at radius 2 is 2.17 bits per heavy atom. The second kappa shape index (κ2) is 9.17. The van der Waals surface area contributed by atoms with Crippen molar-refractivity contribution < 1.29 is 13.5 Å². The van der Waals surface area contributed by atoms with Crippen molar-refractivity contribution in [3.05, 3.63) is 58.3 Å². The van der Waals surface area contributed by atoms with Gasteiger partial charge in [-0.2, -0.15) is 8.78 Å². The first-order chi connectivity index (χ1) is 11.5. The SMILES string of the molecule is NC(=NCc1cc(Br)ccc1OC(F)F)NCCc1ccccn1. The van der Waals surface area contributed by atoms with Crippen LogP contribution in [-0.2, 0) is 13.0 Å². The summed E-state index contributed by atoms with van der Waals surface area (Å²) in [6.07, 6.45) is 2.43. The number of nitrogens with one attached hydrogen (secondary N) is 1. The molecule has 3 N–H and O–H groups in total. The normalized spacial score (nSPS) is 11.6. The second-order valence-electron chi connectivity index (χ2n) is 4.83. The van der Waals surface area contributed by atoms with E-state index in [1.54, 1.807) is 18.3 Å². The van der Waals surface area contributed by atoms with Crippen LogP contribution in [0, 0.1) is 0 Å². The van der Waals surface area contributed by atoms with Crippen molar-refractivity contribution in [1.29, 1.82) is 0 Å². The highest BCUT2D eigenvalue weighted by Gasteiger charge is 2.10. The molecule has 0 atom stereocenters. The van der Waals surface area contributed by atoms with Crippen molar-refractivity contribution >= 4 is 21.9 Å². The van der Waals surface area contributed by atoms with Gasteiger partial charge in [-0.3, -0.25) is 4.98 Å². The molecule has 1 heterocycles. The van der Waals surface area contributed by atoms with Crippen LogP contribution in [0.3, 0.4) is 0 Å². The summed E-state index contributed by atoms with van der Waals surface area (Å²) in [5.74, 6) is 0.312. The molecule has 2 aromatic rings. The van der Waals surface area contributed by atoms with Gasteiger partial charge in [-0.05, 0) is 30.3 Å². The highest BCUT2D eigenvalue weighted by atomic mass is 79.9. The molecule has 5 nitrogen and oxygen atoms in total. The van der Waals surface area contributed by atoms with Crippen LogP contribution >= 0.6 is 15.9 Å². The summed E-state index contributed by atoms with van der Waals surface area (Å²) in [6, 6.07) is 10.4. The summed E-state index contributed by atoms with van der Waals surface area (Å²) in [5, 5.41) is 2.96. The van der Waals surface area contributed by atoms with E-state index in [0.29, 0.717) is 18.5 Å². The first kappa shape index (κ1) is 18.1. The zero-order valence-electron chi connectivity index (χ0n) is 12.8. The maximum atomic E-state index is 12.4. The van der Waals surface area contributed by atoms with E-state index in [-0.39, 0.29) is 18.3 Å². The Labute approximate surface area is 147 Å². The van der Waals surface area contributed by atoms with E-state index in [1.165, 1.54) is 6.07 Å². The van der Waals surface area contributed by atoms with E-state index in [9.17, 15) is 8.78 Å². The molecule has 0 saturated carbocycles. The van der Waals surface area contributed by atoms with Gasteiger partial charge in [-0.1, -0.05) is 22.0 Å². The third kappa shape index (κ3) is 6.11. The Bertz CT molecular complexity index is 683. The molecule has 0 bridgehead atoms. The number of guanidine groups is 1. The first-order valence-electron chi connectivity index (χ1n) is 7.21. The molecule has 2 rings (SSSR count). The van der Waals surface area contributed by atoms with Crippen molar-refractivity contribution in [2.45, 2.75) is 19.6 Å². The van der Waals surface area contributed by atoms with E-state index in [1.807, 2.05) is 18.2 Å². The smallest absolute Gasteiger partial charge is 0.387 e. The average molecular weight is 399 g/mol. The number of aliphatic imine (C=N–C) groups is 1. The molecule has 0 aliphatic carbocycles. The van der Waals surface area contributed by atoms with E-state index >= 15 is 0 Å². The molecule has 24 heavy (non-hydrogen) atoms. The molecule has 0 spiro atoms. The van der Waals surface area contributed by atoms with Crippen molar-refractivity contribution in [1.82, 2.24) is 10.3 Å². The molecule has 0 radical (unpaired) electrons. The molecule has 8 heteroatoms. The molecule has 0 amide bonds. The zero-order chi connectivity index (χ0) is 17.4. The molecular formula is C16H17BrF2N4O. The fourth-order valence-electron chi connectivity index (χ4n) is 1.97. The van der Waals surface area contributed by atoms with Crippen LogP contribution in [0.2, 0.25) is 0 Å². The molecule has 128 valence electrons. The van der Waals surface area contributed by atoms with Gasteiger partial charge in [0.15, 0.2) is 5.96 Å². The Kier molecular flexibility index (Phi) is 6.92. The minimum Gasteiger partial charge on any atom is -0.434 e. The third-order valence-electron chi connectivity index (χ3n) is 3.07. The summed E-state index contributed by atoms with van der Waals surface area (Å²) in [4.78, 5) is 8.36. The van der Waals surface area contributed by atoms with Crippen molar-refractivity contribution in [2.24, 2.45) is 10.7 Å². The number of rotatable bonds is 7. The summed E-state index contributed by atoms with van der Waals surface area (Å²) in [5.41, 5.74) is 7.25. The number of pyridine rings is 1. The van der Waals surface area contributed by atoms with Crippen LogP contribution in [0.25, 0.3) is 0 Å². The first-order valence-corrected chi connectivity index (χ1v) is 8.01. The molecule has 0 unspecified atom stereocenters. The van der Waals surface area contributed by atoms with Gasteiger partial charge in [0, 0.05) is 34.9 Å². The Morgan fingerprint density at radius 3 is 2.88 bits per heavy atom. The van der Waals surface area contributed by atoms with Gasteiger partial charge in [0.2, 0.25) is 0 Å². The number of aromatic nitrogens is 1. The molecule has 0 fully saturated rings. The molecule has 0 aliphatic rings. The van der Waals surface area contributed by atoms with Gasteiger partial charge in [0.25, 0.3) is 0 Å². The highest BCUT2D eigenvalue weighted by molar-refractivity contribution is 9.10. The maximum Gasteiger partial charge on any atom is 0.387 e. The number of ether oxygens (including phenoxy) is 1. The number of halogens is 3. The van der Waals surface area contributed by atoms with Crippen LogP contribution in [-0.4, -0.2) is 24.1 Å². The number of nitrogens with two attached hydrogens (primary N) is 1. The maximum absolute atomic E-state index is 12.4. The predicted molar refractivity (Wildman–Crippen MR) is 92.0 cm³/mol. The van der Waals surface area contributed by atoms with Crippen LogP contribution in [0.4, 0.5) is 8.78 Å². The number of nitrogens with zero attached hydrogens (tertiary/aromatic N) is 2. The van der Waals surface area contributed by atoms with Crippen molar-refractivity contribution in [3.63, 3.8) is 0 Å². The fourth-order valence-corrected chi connectivity index (χ4v) is 2.38. The standard InChI is InChI=1S/C16H17BrF2N4O/c17-12-4-5-14(24-15(18)19)11(9-12)10-23-16(20)22-8-6-13-3-1-2-7-21-13/h1-5,7,9,15H,6,8,10H2,(H3,20,22,23).